The minimum Gasteiger partial charge on any atom is -0.325 e. The molecule has 0 aromatic rings. The van der Waals surface area contributed by atoms with Gasteiger partial charge in [0.1, 0.15) is 0 Å². The normalized spacial score (nSPS) is 19.2. The van der Waals surface area contributed by atoms with Crippen LogP contribution in [0.1, 0.15) is 26.7 Å². The lowest BCUT2D eigenvalue weighted by molar-refractivity contribution is 0.407. The molecule has 0 radical (unpaired) electrons. The maximum atomic E-state index is 9.94. The Hall–Kier alpha value is 0.230. The molecule has 12 heavy (non-hydrogen) atoms. The fourth-order valence-electron chi connectivity index (χ4n) is 1.10. The highest BCUT2D eigenvalue weighted by Crippen LogP contribution is 2.38. The van der Waals surface area contributed by atoms with Gasteiger partial charge in [-0.1, -0.05) is 13.8 Å². The Bertz CT molecular complexity index is 114. The van der Waals surface area contributed by atoms with Crippen LogP contribution in [0, 0.1) is 0 Å². The summed E-state index contributed by atoms with van der Waals surface area (Å²) in [6.07, 6.45) is 4.05. The average Bonchev–Trinajstić information content (AvgIpc) is 2.04. The lowest BCUT2D eigenvalue weighted by atomic mass is 10.4. The van der Waals surface area contributed by atoms with Crippen LogP contribution < -0.4 is 4.72 Å². The average molecular weight is 194 g/mol. The molecular formula is C8H22N2OS. The van der Waals surface area contributed by atoms with E-state index in [2.05, 4.69) is 22.9 Å². The molecule has 1 unspecified atom stereocenters. The molecule has 0 saturated heterocycles. The van der Waals surface area contributed by atoms with Crippen LogP contribution >= 0.6 is 10.7 Å². The van der Waals surface area contributed by atoms with Crippen molar-refractivity contribution in [2.75, 3.05) is 26.4 Å². The van der Waals surface area contributed by atoms with E-state index in [9.17, 15) is 4.55 Å². The van der Waals surface area contributed by atoms with Crippen molar-refractivity contribution in [2.45, 2.75) is 26.7 Å². The number of nitrogens with one attached hydrogen (secondary N) is 1. The van der Waals surface area contributed by atoms with Crippen LogP contribution in [-0.4, -0.2) is 35.3 Å². The summed E-state index contributed by atoms with van der Waals surface area (Å²) in [4.78, 5) is 0. The molecule has 76 valence electrons. The second-order valence-electron chi connectivity index (χ2n) is 2.97. The molecule has 0 fully saturated rings. The summed E-state index contributed by atoms with van der Waals surface area (Å²) in [6.45, 7) is 6.20. The highest BCUT2D eigenvalue weighted by Gasteiger charge is 2.19. The summed E-state index contributed by atoms with van der Waals surface area (Å²) >= 11 is 0. The van der Waals surface area contributed by atoms with Crippen LogP contribution in [0.3, 0.4) is 0 Å². The van der Waals surface area contributed by atoms with E-state index in [1.54, 1.807) is 0 Å². The molecule has 0 aliphatic rings. The molecule has 0 aliphatic heterocycles. The van der Waals surface area contributed by atoms with E-state index in [0.717, 1.165) is 25.9 Å². The third kappa shape index (κ3) is 3.76. The summed E-state index contributed by atoms with van der Waals surface area (Å²) < 4.78 is 15.1. The first-order chi connectivity index (χ1) is 5.58. The van der Waals surface area contributed by atoms with Crippen LogP contribution in [0.4, 0.5) is 0 Å². The molecule has 2 N–H and O–H groups in total. The minimum absolute atomic E-state index is 0.969. The monoisotopic (exact) mass is 194 g/mol. The topological polar surface area (TPSA) is 35.5 Å². The lowest BCUT2D eigenvalue weighted by Gasteiger charge is -2.40. The lowest BCUT2D eigenvalue weighted by Crippen LogP contribution is -2.35. The smallest absolute Gasteiger partial charge is 0.0132 e. The minimum atomic E-state index is -1.70. The summed E-state index contributed by atoms with van der Waals surface area (Å²) in [5.41, 5.74) is 0. The van der Waals surface area contributed by atoms with Gasteiger partial charge in [0.25, 0.3) is 0 Å². The molecule has 0 amide bonds. The van der Waals surface area contributed by atoms with Gasteiger partial charge in [0.2, 0.25) is 0 Å². The zero-order chi connectivity index (χ0) is 9.61. The molecule has 3 nitrogen and oxygen atoms in total. The van der Waals surface area contributed by atoms with Gasteiger partial charge in [-0.15, -0.1) is 0 Å². The van der Waals surface area contributed by atoms with E-state index in [0.29, 0.717) is 0 Å². The van der Waals surface area contributed by atoms with Gasteiger partial charge >= 0.3 is 0 Å². The van der Waals surface area contributed by atoms with E-state index in [4.69, 9.17) is 0 Å². The van der Waals surface area contributed by atoms with E-state index in [-0.39, 0.29) is 0 Å². The molecular weight excluding hydrogens is 172 g/mol. The van der Waals surface area contributed by atoms with Crippen molar-refractivity contribution in [3.05, 3.63) is 0 Å². The third-order valence-corrected chi connectivity index (χ3v) is 3.98. The standard InChI is InChI=1S/C8H22N2OS/c1-5-7-10(8-6-2)12(4,11)9-3/h9,11H,5-8H2,1-4H3. The SMILES string of the molecule is CCCN(CCC)S(C)(O)NC. The van der Waals surface area contributed by atoms with Gasteiger partial charge in [0.05, 0.1) is 0 Å². The molecule has 4 heteroatoms. The second kappa shape index (κ2) is 5.80. The van der Waals surface area contributed by atoms with Gasteiger partial charge in [-0.05, 0) is 30.6 Å². The van der Waals surface area contributed by atoms with Crippen molar-refractivity contribution < 1.29 is 4.55 Å². The fraction of sp³-hybridized carbons (Fsp3) is 1.00. The first-order valence-corrected chi connectivity index (χ1v) is 6.48. The molecule has 0 saturated carbocycles. The number of rotatable bonds is 6. The predicted molar refractivity (Wildman–Crippen MR) is 57.4 cm³/mol. The van der Waals surface area contributed by atoms with Crippen LogP contribution in [0.15, 0.2) is 0 Å². The fourth-order valence-corrected chi connectivity index (χ4v) is 2.43. The highest BCUT2D eigenvalue weighted by molar-refractivity contribution is 8.24. The number of nitrogens with zero attached hydrogens (tertiary/aromatic N) is 1. The molecule has 0 bridgehead atoms. The molecule has 1 atom stereocenters. The Labute approximate surface area is 77.9 Å². The van der Waals surface area contributed by atoms with Crippen molar-refractivity contribution in [3.63, 3.8) is 0 Å². The Morgan fingerprint density at radius 3 is 1.92 bits per heavy atom. The molecule has 0 spiro atoms. The van der Waals surface area contributed by atoms with Crippen molar-refractivity contribution in [1.29, 1.82) is 0 Å². The van der Waals surface area contributed by atoms with E-state index in [1.165, 1.54) is 0 Å². The molecule has 0 aromatic carbocycles. The number of hydrogen-bond donors (Lipinski definition) is 2. The predicted octanol–water partition coefficient (Wildman–Crippen LogP) is 2.07. The van der Waals surface area contributed by atoms with Crippen LogP contribution in [0.2, 0.25) is 0 Å². The van der Waals surface area contributed by atoms with Crippen LogP contribution in [-0.2, 0) is 0 Å². The largest absolute Gasteiger partial charge is 0.325 e. The van der Waals surface area contributed by atoms with E-state index >= 15 is 0 Å². The van der Waals surface area contributed by atoms with E-state index < -0.39 is 10.7 Å². The van der Waals surface area contributed by atoms with Crippen LogP contribution in [0.5, 0.6) is 0 Å². The molecule has 0 rings (SSSR count). The van der Waals surface area contributed by atoms with Gasteiger partial charge in [-0.2, -0.15) is 0 Å². The zero-order valence-electron chi connectivity index (χ0n) is 8.63. The van der Waals surface area contributed by atoms with Gasteiger partial charge < -0.3 is 4.55 Å². The first kappa shape index (κ1) is 12.2. The van der Waals surface area contributed by atoms with Gasteiger partial charge in [-0.3, -0.25) is 4.72 Å². The summed E-state index contributed by atoms with van der Waals surface area (Å²) in [5.74, 6) is 0. The van der Waals surface area contributed by atoms with Gasteiger partial charge in [0.15, 0.2) is 0 Å². The van der Waals surface area contributed by atoms with E-state index in [1.807, 2.05) is 13.3 Å². The Balaban J connectivity index is 4.07. The molecule has 0 heterocycles. The van der Waals surface area contributed by atoms with Crippen molar-refractivity contribution in [1.82, 2.24) is 9.03 Å². The Morgan fingerprint density at radius 2 is 1.67 bits per heavy atom. The third-order valence-electron chi connectivity index (χ3n) is 1.84. The Morgan fingerprint density at radius 1 is 1.25 bits per heavy atom. The van der Waals surface area contributed by atoms with Crippen molar-refractivity contribution in [3.8, 4) is 0 Å². The summed E-state index contributed by atoms with van der Waals surface area (Å²) in [5, 5.41) is 0. The first-order valence-electron chi connectivity index (χ1n) is 4.52. The Kier molecular flexibility index (Phi) is 5.92. The van der Waals surface area contributed by atoms with Crippen LogP contribution in [0.25, 0.3) is 0 Å². The van der Waals surface area contributed by atoms with Gasteiger partial charge in [0, 0.05) is 19.3 Å². The van der Waals surface area contributed by atoms with Crippen molar-refractivity contribution >= 4 is 10.7 Å². The molecule has 0 aliphatic carbocycles. The summed E-state index contributed by atoms with van der Waals surface area (Å²) in [6, 6.07) is 0. The molecule has 0 aromatic heterocycles. The quantitative estimate of drug-likeness (QED) is 0.679. The summed E-state index contributed by atoms with van der Waals surface area (Å²) in [7, 11) is 0.112. The van der Waals surface area contributed by atoms with Gasteiger partial charge in [-0.25, -0.2) is 4.31 Å². The second-order valence-corrected chi connectivity index (χ2v) is 5.56. The number of hydrogen-bond acceptors (Lipinski definition) is 3. The zero-order valence-corrected chi connectivity index (χ0v) is 9.45. The highest BCUT2D eigenvalue weighted by atomic mass is 32.3. The maximum Gasteiger partial charge on any atom is 0.0132 e. The van der Waals surface area contributed by atoms with Crippen molar-refractivity contribution in [2.24, 2.45) is 0 Å². The maximum absolute atomic E-state index is 9.94.